The minimum Gasteiger partial charge on any atom is -0.323 e. The van der Waals surface area contributed by atoms with Crippen LogP contribution in [-0.4, -0.2) is 47.2 Å². The van der Waals surface area contributed by atoms with Gasteiger partial charge in [0.15, 0.2) is 0 Å². The van der Waals surface area contributed by atoms with Crippen LogP contribution in [0.5, 0.6) is 0 Å². The maximum atomic E-state index is 13.8. The number of fused-ring (bicyclic) bond motifs is 4. The Kier molecular flexibility index (Phi) is 5.75. The second-order valence-electron chi connectivity index (χ2n) is 9.03. The van der Waals surface area contributed by atoms with Crippen LogP contribution in [0.1, 0.15) is 23.1 Å². The number of hydrogen-bond acceptors (Lipinski definition) is 5. The average molecular weight is 484 g/mol. The summed E-state index contributed by atoms with van der Waals surface area (Å²) in [6.45, 7) is 2.22. The fourth-order valence-corrected chi connectivity index (χ4v) is 6.46. The molecule has 3 heterocycles. The molecule has 3 amide bonds. The molecule has 0 aliphatic carbocycles. The third kappa shape index (κ3) is 3.40. The number of nitrogens with one attached hydrogen (secondary N) is 2. The normalized spacial score (nSPS) is 27.9. The number of aryl methyl sites for hydroxylation is 1. The van der Waals surface area contributed by atoms with Crippen molar-refractivity contribution in [2.45, 2.75) is 31.3 Å². The quantitative estimate of drug-likeness (QED) is 0.616. The van der Waals surface area contributed by atoms with Crippen LogP contribution in [0.2, 0.25) is 5.02 Å². The van der Waals surface area contributed by atoms with Crippen molar-refractivity contribution >= 4 is 46.8 Å². The summed E-state index contributed by atoms with van der Waals surface area (Å²) in [5.41, 5.74) is 1.89. The van der Waals surface area contributed by atoms with Gasteiger partial charge in [0.25, 0.3) is 0 Å². The van der Waals surface area contributed by atoms with E-state index >= 15 is 0 Å². The van der Waals surface area contributed by atoms with Gasteiger partial charge in [0, 0.05) is 18.2 Å². The molecule has 1 spiro atoms. The van der Waals surface area contributed by atoms with Gasteiger partial charge in [-0.15, -0.1) is 0 Å². The van der Waals surface area contributed by atoms with Crippen LogP contribution in [0, 0.1) is 18.8 Å². The van der Waals surface area contributed by atoms with E-state index in [4.69, 9.17) is 11.6 Å². The lowest BCUT2D eigenvalue weighted by atomic mass is 9.76. The maximum Gasteiger partial charge on any atom is 0.250 e. The summed E-state index contributed by atoms with van der Waals surface area (Å²) in [6.07, 6.45) is 3.29. The van der Waals surface area contributed by atoms with Gasteiger partial charge in [-0.25, -0.2) is 0 Å². The van der Waals surface area contributed by atoms with Crippen LogP contribution in [0.25, 0.3) is 0 Å². The molecule has 2 saturated heterocycles. The molecule has 0 radical (unpaired) electrons. The molecule has 4 atom stereocenters. The molecule has 6 nitrogen and oxygen atoms in total. The fourth-order valence-electron chi connectivity index (χ4n) is 5.65. The predicted molar refractivity (Wildman–Crippen MR) is 130 cm³/mol. The number of hydrogen-bond donors (Lipinski definition) is 2. The Hall–Kier alpha value is -2.35. The molecule has 0 aromatic heterocycles. The van der Waals surface area contributed by atoms with E-state index < -0.39 is 17.4 Å². The number of halogens is 1. The molecular weight excluding hydrogens is 458 g/mol. The third-order valence-corrected chi connectivity index (χ3v) is 8.05. The summed E-state index contributed by atoms with van der Waals surface area (Å²) in [4.78, 5) is 42.2. The Morgan fingerprint density at radius 2 is 1.88 bits per heavy atom. The van der Waals surface area contributed by atoms with Gasteiger partial charge in [-0.05, 0) is 49.0 Å². The molecule has 8 heteroatoms. The zero-order chi connectivity index (χ0) is 23.3. The topological polar surface area (TPSA) is 78.5 Å². The van der Waals surface area contributed by atoms with Crippen molar-refractivity contribution in [1.82, 2.24) is 10.2 Å². The minimum absolute atomic E-state index is 0.184. The zero-order valence-corrected chi connectivity index (χ0v) is 20.1. The lowest BCUT2D eigenvalue weighted by molar-refractivity contribution is -0.142. The number of anilines is 1. The fraction of sp³-hybridized carbons (Fsp3) is 0.400. The highest BCUT2D eigenvalue weighted by molar-refractivity contribution is 7.98. The number of carbonyl (C=O) groups excluding carboxylic acids is 3. The van der Waals surface area contributed by atoms with Crippen molar-refractivity contribution in [3.05, 3.63) is 64.2 Å². The van der Waals surface area contributed by atoms with Crippen LogP contribution in [0.3, 0.4) is 0 Å². The summed E-state index contributed by atoms with van der Waals surface area (Å²) in [6, 6.07) is 13.2. The second-order valence-corrected chi connectivity index (χ2v) is 10.4. The molecule has 0 bridgehead atoms. The van der Waals surface area contributed by atoms with Gasteiger partial charge in [0.1, 0.15) is 5.54 Å². The molecule has 172 valence electrons. The van der Waals surface area contributed by atoms with Gasteiger partial charge in [0.05, 0.1) is 22.5 Å². The third-order valence-electron chi connectivity index (χ3n) is 7.11. The summed E-state index contributed by atoms with van der Waals surface area (Å²) >= 11 is 8.15. The van der Waals surface area contributed by atoms with E-state index in [2.05, 4.69) is 10.6 Å². The predicted octanol–water partition coefficient (Wildman–Crippen LogP) is 3.36. The zero-order valence-electron chi connectivity index (χ0n) is 18.6. The Bertz CT molecular complexity index is 1140. The SMILES string of the molecule is CSCC[C@@H]1N[C@]2(C(=O)Nc3c(Cl)cc(C)cc32)[C@@H]2C(=O)N(CCc3ccccc3)C(=O)[C@H]12. The molecular formula is C25H26ClN3O3S. The molecule has 5 rings (SSSR count). The first-order chi connectivity index (χ1) is 15.9. The highest BCUT2D eigenvalue weighted by Crippen LogP contribution is 2.54. The first-order valence-corrected chi connectivity index (χ1v) is 12.9. The van der Waals surface area contributed by atoms with E-state index in [0.717, 1.165) is 16.9 Å². The first-order valence-electron chi connectivity index (χ1n) is 11.2. The van der Waals surface area contributed by atoms with Crippen molar-refractivity contribution in [3.63, 3.8) is 0 Å². The van der Waals surface area contributed by atoms with Gasteiger partial charge < -0.3 is 5.32 Å². The highest BCUT2D eigenvalue weighted by atomic mass is 35.5. The van der Waals surface area contributed by atoms with E-state index in [1.54, 1.807) is 17.8 Å². The number of carbonyl (C=O) groups is 3. The maximum absolute atomic E-state index is 13.8. The van der Waals surface area contributed by atoms with Gasteiger partial charge in [0.2, 0.25) is 17.7 Å². The van der Waals surface area contributed by atoms with Crippen molar-refractivity contribution < 1.29 is 14.4 Å². The van der Waals surface area contributed by atoms with E-state index in [9.17, 15) is 14.4 Å². The molecule has 2 aromatic carbocycles. The molecule has 3 aliphatic rings. The van der Waals surface area contributed by atoms with Gasteiger partial charge in [-0.1, -0.05) is 48.0 Å². The van der Waals surface area contributed by atoms with E-state index in [0.29, 0.717) is 35.7 Å². The van der Waals surface area contributed by atoms with E-state index in [1.807, 2.05) is 49.6 Å². The lowest BCUT2D eigenvalue weighted by Gasteiger charge is -2.29. The summed E-state index contributed by atoms with van der Waals surface area (Å²) < 4.78 is 0. The van der Waals surface area contributed by atoms with Crippen LogP contribution < -0.4 is 10.6 Å². The number of rotatable bonds is 6. The second kappa shape index (κ2) is 8.46. The summed E-state index contributed by atoms with van der Waals surface area (Å²) in [7, 11) is 0. The molecule has 3 aliphatic heterocycles. The minimum atomic E-state index is -1.28. The number of imide groups is 1. The van der Waals surface area contributed by atoms with Crippen LogP contribution >= 0.6 is 23.4 Å². The molecule has 0 saturated carbocycles. The number of likely N-dealkylation sites (tertiary alicyclic amines) is 1. The average Bonchev–Trinajstić information content (AvgIpc) is 3.37. The van der Waals surface area contributed by atoms with Crippen molar-refractivity contribution in [1.29, 1.82) is 0 Å². The summed E-state index contributed by atoms with van der Waals surface area (Å²) in [5, 5.41) is 6.81. The van der Waals surface area contributed by atoms with Gasteiger partial charge >= 0.3 is 0 Å². The van der Waals surface area contributed by atoms with Gasteiger partial charge in [-0.2, -0.15) is 11.8 Å². The van der Waals surface area contributed by atoms with Crippen molar-refractivity contribution in [2.24, 2.45) is 11.8 Å². The number of benzene rings is 2. The van der Waals surface area contributed by atoms with Crippen molar-refractivity contribution in [2.75, 3.05) is 23.9 Å². The van der Waals surface area contributed by atoms with Crippen LogP contribution in [-0.2, 0) is 26.3 Å². The number of thioether (sulfide) groups is 1. The molecule has 0 unspecified atom stereocenters. The number of amides is 3. The van der Waals surface area contributed by atoms with E-state index in [1.165, 1.54) is 4.90 Å². The molecule has 2 N–H and O–H groups in total. The molecule has 2 fully saturated rings. The monoisotopic (exact) mass is 483 g/mol. The van der Waals surface area contributed by atoms with Crippen LogP contribution in [0.4, 0.5) is 5.69 Å². The van der Waals surface area contributed by atoms with E-state index in [-0.39, 0.29) is 23.8 Å². The Morgan fingerprint density at radius 3 is 2.61 bits per heavy atom. The Morgan fingerprint density at radius 1 is 1.12 bits per heavy atom. The Balaban J connectivity index is 1.55. The Labute approximate surface area is 202 Å². The first kappa shape index (κ1) is 22.4. The number of nitrogens with zero attached hydrogens (tertiary/aromatic N) is 1. The highest BCUT2D eigenvalue weighted by Gasteiger charge is 2.70. The van der Waals surface area contributed by atoms with Gasteiger partial charge in [-0.3, -0.25) is 24.6 Å². The van der Waals surface area contributed by atoms with Crippen LogP contribution in [0.15, 0.2) is 42.5 Å². The largest absolute Gasteiger partial charge is 0.323 e. The van der Waals surface area contributed by atoms with Crippen molar-refractivity contribution in [3.8, 4) is 0 Å². The lowest BCUT2D eigenvalue weighted by Crippen LogP contribution is -2.53. The summed E-state index contributed by atoms with van der Waals surface area (Å²) in [5.74, 6) is -1.30. The molecule has 2 aromatic rings. The molecule has 33 heavy (non-hydrogen) atoms. The standard InChI is InChI=1S/C25H26ClN3O3S/c1-14-12-16-21(17(26)13-14)27-24(32)25(16)20-19(18(28-25)9-11-33-2)22(30)29(23(20)31)10-8-15-6-4-3-5-7-15/h3-7,12-13,18-20,28H,8-11H2,1-2H3,(H,27,32)/t18-,19+,20-,25-/m0/s1. The smallest absolute Gasteiger partial charge is 0.250 e.